The van der Waals surface area contributed by atoms with Gasteiger partial charge in [0.15, 0.2) is 0 Å². The van der Waals surface area contributed by atoms with Crippen molar-refractivity contribution in [2.75, 3.05) is 6.54 Å². The van der Waals surface area contributed by atoms with Gasteiger partial charge in [-0.3, -0.25) is 4.68 Å². The van der Waals surface area contributed by atoms with Gasteiger partial charge in [0.25, 0.3) is 0 Å². The lowest BCUT2D eigenvalue weighted by molar-refractivity contribution is -0.274. The summed E-state index contributed by atoms with van der Waals surface area (Å²) >= 11 is 1.48. The molecule has 0 amide bonds. The highest BCUT2D eigenvalue weighted by Gasteiger charge is 2.31. The number of aryl methyl sites for hydroxylation is 2. The highest BCUT2D eigenvalue weighted by atomic mass is 32.2. The maximum absolute atomic E-state index is 12.6. The summed E-state index contributed by atoms with van der Waals surface area (Å²) in [6.45, 7) is 3.77. The van der Waals surface area contributed by atoms with E-state index in [4.69, 9.17) is 0 Å². The Bertz CT molecular complexity index is 1060. The molecule has 0 radical (unpaired) electrons. The number of aromatic nitrogens is 2. The number of ether oxygens (including phenoxy) is 1. The zero-order valence-corrected chi connectivity index (χ0v) is 17.1. The third kappa shape index (κ3) is 5.37. The van der Waals surface area contributed by atoms with Gasteiger partial charge in [-0.1, -0.05) is 6.07 Å². The summed E-state index contributed by atoms with van der Waals surface area (Å²) < 4.78 is 70.1. The predicted octanol–water partition coefficient (Wildman–Crippen LogP) is 4.03. The van der Waals surface area contributed by atoms with E-state index in [2.05, 4.69) is 14.6 Å². The predicted molar refractivity (Wildman–Crippen MR) is 102 cm³/mol. The molecular weight excluding hydrogens is 427 g/mol. The van der Waals surface area contributed by atoms with E-state index in [9.17, 15) is 21.6 Å². The van der Waals surface area contributed by atoms with Crippen LogP contribution in [0.3, 0.4) is 0 Å². The molecule has 0 fully saturated rings. The molecular formula is C18H18F3N3O3S2. The molecule has 1 atom stereocenters. The Morgan fingerprint density at radius 3 is 2.41 bits per heavy atom. The van der Waals surface area contributed by atoms with Crippen molar-refractivity contribution in [1.82, 2.24) is 14.5 Å². The van der Waals surface area contributed by atoms with E-state index in [1.165, 1.54) is 11.3 Å². The van der Waals surface area contributed by atoms with Crippen molar-refractivity contribution in [2.24, 2.45) is 0 Å². The van der Waals surface area contributed by atoms with Crippen LogP contribution < -0.4 is 9.46 Å². The zero-order valence-electron chi connectivity index (χ0n) is 15.5. The minimum Gasteiger partial charge on any atom is -0.406 e. The Kier molecular flexibility index (Phi) is 6.01. The summed E-state index contributed by atoms with van der Waals surface area (Å²) in [5.74, 6) is -0.490. The first-order valence-electron chi connectivity index (χ1n) is 8.47. The standard InChI is InChI=1S/C18H18F3N3O3S2/c1-12-10-13(2)24(23-12)16(17-4-3-9-28-17)11-22-29(25,26)15-7-5-14(6-8-15)27-18(19,20)21/h3-10,16,22H,11H2,1-2H3. The molecule has 0 bridgehead atoms. The van der Waals surface area contributed by atoms with E-state index in [0.29, 0.717) is 0 Å². The number of sulfonamides is 1. The Balaban J connectivity index is 1.79. The van der Waals surface area contributed by atoms with Crippen LogP contribution in [-0.2, 0) is 10.0 Å². The van der Waals surface area contributed by atoms with Crippen molar-refractivity contribution in [1.29, 1.82) is 0 Å². The van der Waals surface area contributed by atoms with E-state index in [-0.39, 0.29) is 17.5 Å². The number of rotatable bonds is 7. The molecule has 0 aliphatic rings. The molecule has 2 heterocycles. The molecule has 0 aliphatic carbocycles. The fraction of sp³-hybridized carbons (Fsp3) is 0.278. The van der Waals surface area contributed by atoms with Gasteiger partial charge in [-0.05, 0) is 55.6 Å². The monoisotopic (exact) mass is 445 g/mol. The molecule has 0 saturated heterocycles. The number of hydrogen-bond donors (Lipinski definition) is 1. The van der Waals surface area contributed by atoms with Crippen molar-refractivity contribution >= 4 is 21.4 Å². The van der Waals surface area contributed by atoms with Gasteiger partial charge >= 0.3 is 6.36 Å². The Hall–Kier alpha value is -2.37. The summed E-state index contributed by atoms with van der Waals surface area (Å²) in [4.78, 5) is 0.762. The zero-order chi connectivity index (χ0) is 21.2. The van der Waals surface area contributed by atoms with Crippen molar-refractivity contribution in [3.63, 3.8) is 0 Å². The third-order valence-corrected chi connectivity index (χ3v) is 6.46. The molecule has 1 N–H and O–H groups in total. The summed E-state index contributed by atoms with van der Waals surface area (Å²) in [5, 5.41) is 6.34. The average molecular weight is 445 g/mol. The maximum atomic E-state index is 12.6. The molecule has 2 aromatic heterocycles. The summed E-state index contributed by atoms with van der Waals surface area (Å²) in [5.41, 5.74) is 1.70. The Morgan fingerprint density at radius 2 is 1.90 bits per heavy atom. The number of nitrogens with one attached hydrogen (secondary N) is 1. The van der Waals surface area contributed by atoms with E-state index < -0.39 is 22.1 Å². The first-order valence-corrected chi connectivity index (χ1v) is 10.8. The topological polar surface area (TPSA) is 73.2 Å². The van der Waals surface area contributed by atoms with Gasteiger partial charge in [-0.15, -0.1) is 24.5 Å². The van der Waals surface area contributed by atoms with Crippen LogP contribution >= 0.6 is 11.3 Å². The average Bonchev–Trinajstić information content (AvgIpc) is 3.24. The number of halogens is 3. The van der Waals surface area contributed by atoms with Gasteiger partial charge in [0.1, 0.15) is 5.75 Å². The van der Waals surface area contributed by atoms with E-state index in [0.717, 1.165) is 40.5 Å². The molecule has 0 spiro atoms. The maximum Gasteiger partial charge on any atom is 0.573 e. The fourth-order valence-corrected chi connectivity index (χ4v) is 4.69. The number of hydrogen-bond acceptors (Lipinski definition) is 5. The SMILES string of the molecule is Cc1cc(C)n(C(CNS(=O)(=O)c2ccc(OC(F)(F)F)cc2)c2cccs2)n1. The Labute approximate surface area is 170 Å². The lowest BCUT2D eigenvalue weighted by Crippen LogP contribution is -2.32. The number of nitrogens with zero attached hydrogens (tertiary/aromatic N) is 2. The van der Waals surface area contributed by atoms with Gasteiger partial charge in [-0.2, -0.15) is 5.10 Å². The molecule has 156 valence electrons. The van der Waals surface area contributed by atoms with Crippen molar-refractivity contribution in [2.45, 2.75) is 31.1 Å². The van der Waals surface area contributed by atoms with Crippen LogP contribution in [0.25, 0.3) is 0 Å². The molecule has 11 heteroatoms. The summed E-state index contributed by atoms with van der Waals surface area (Å²) in [6, 6.07) is 9.34. The van der Waals surface area contributed by atoms with Gasteiger partial charge in [-0.25, -0.2) is 13.1 Å². The largest absolute Gasteiger partial charge is 0.573 e. The molecule has 6 nitrogen and oxygen atoms in total. The highest BCUT2D eigenvalue weighted by Crippen LogP contribution is 2.26. The third-order valence-electron chi connectivity index (χ3n) is 4.05. The number of benzene rings is 1. The van der Waals surface area contributed by atoms with Crippen LogP contribution in [0.2, 0.25) is 0 Å². The number of thiophene rings is 1. The lowest BCUT2D eigenvalue weighted by atomic mass is 10.2. The van der Waals surface area contributed by atoms with Gasteiger partial charge < -0.3 is 4.74 Å². The fourth-order valence-electron chi connectivity index (χ4n) is 2.84. The summed E-state index contributed by atoms with van der Waals surface area (Å²) in [6.07, 6.45) is -4.84. The molecule has 3 aromatic rings. The van der Waals surface area contributed by atoms with Crippen LogP contribution in [0.4, 0.5) is 13.2 Å². The molecule has 1 unspecified atom stereocenters. The van der Waals surface area contributed by atoms with Gasteiger partial charge in [0, 0.05) is 17.1 Å². The van der Waals surface area contributed by atoms with Gasteiger partial charge in [0.2, 0.25) is 10.0 Å². The normalized spacial score (nSPS) is 13.4. The highest BCUT2D eigenvalue weighted by molar-refractivity contribution is 7.89. The smallest absolute Gasteiger partial charge is 0.406 e. The quantitative estimate of drug-likeness (QED) is 0.596. The summed E-state index contributed by atoms with van der Waals surface area (Å²) in [7, 11) is -3.94. The first-order chi connectivity index (χ1) is 13.5. The van der Waals surface area contributed by atoms with E-state index in [1.54, 1.807) is 4.68 Å². The molecule has 1 aromatic carbocycles. The lowest BCUT2D eigenvalue weighted by Gasteiger charge is -2.19. The second-order valence-corrected chi connectivity index (χ2v) is 9.02. The minimum atomic E-state index is -4.84. The molecule has 3 rings (SSSR count). The van der Waals surface area contributed by atoms with Crippen LogP contribution in [0, 0.1) is 13.8 Å². The number of alkyl halides is 3. The van der Waals surface area contributed by atoms with E-state index in [1.807, 2.05) is 37.4 Å². The molecule has 0 aliphatic heterocycles. The van der Waals surface area contributed by atoms with Crippen LogP contribution in [0.15, 0.2) is 52.7 Å². The molecule has 0 saturated carbocycles. The first kappa shape index (κ1) is 21.3. The molecule has 29 heavy (non-hydrogen) atoms. The minimum absolute atomic E-state index is 0.0333. The van der Waals surface area contributed by atoms with Gasteiger partial charge in [0.05, 0.1) is 16.6 Å². The Morgan fingerprint density at radius 1 is 1.21 bits per heavy atom. The van der Waals surface area contributed by atoms with Crippen LogP contribution in [-0.4, -0.2) is 31.1 Å². The van der Waals surface area contributed by atoms with Crippen molar-refractivity contribution < 1.29 is 26.3 Å². The second-order valence-electron chi connectivity index (χ2n) is 6.27. The second kappa shape index (κ2) is 8.17. The van der Waals surface area contributed by atoms with Crippen molar-refractivity contribution in [3.8, 4) is 5.75 Å². The van der Waals surface area contributed by atoms with Crippen LogP contribution in [0.5, 0.6) is 5.75 Å². The van der Waals surface area contributed by atoms with Crippen molar-refractivity contribution in [3.05, 3.63) is 64.1 Å². The van der Waals surface area contributed by atoms with Crippen LogP contribution in [0.1, 0.15) is 22.3 Å². The van der Waals surface area contributed by atoms with E-state index >= 15 is 0 Å².